The second kappa shape index (κ2) is 3.83. The smallest absolute Gasteiger partial charge is 0.420 e. The highest BCUT2D eigenvalue weighted by Gasteiger charge is 2.40. The second-order valence-corrected chi connectivity index (χ2v) is 2.56. The van der Waals surface area contributed by atoms with Gasteiger partial charge in [0.25, 0.3) is 0 Å². The monoisotopic (exact) mass is 207 g/mol. The molecule has 78 valence electrons. The largest absolute Gasteiger partial charge is 0.497 e. The van der Waals surface area contributed by atoms with Crippen molar-refractivity contribution in [1.82, 2.24) is 4.98 Å². The molecule has 0 saturated carbocycles. The van der Waals surface area contributed by atoms with Gasteiger partial charge in [0, 0.05) is 12.3 Å². The van der Waals surface area contributed by atoms with Crippen molar-refractivity contribution in [3.63, 3.8) is 0 Å². The molecule has 0 aliphatic rings. The highest BCUT2D eigenvalue weighted by molar-refractivity contribution is 5.24. The first-order valence-electron chi connectivity index (χ1n) is 3.70. The minimum atomic E-state index is -4.71. The third-order valence-corrected chi connectivity index (χ3v) is 1.58. The molecule has 3 nitrogen and oxygen atoms in total. The van der Waals surface area contributed by atoms with Gasteiger partial charge < -0.3 is 9.84 Å². The number of alkyl halides is 3. The van der Waals surface area contributed by atoms with Gasteiger partial charge in [-0.1, -0.05) is 0 Å². The normalized spacial score (nSPS) is 13.8. The van der Waals surface area contributed by atoms with Crippen LogP contribution < -0.4 is 4.74 Å². The lowest BCUT2D eigenvalue weighted by atomic mass is 10.2. The second-order valence-electron chi connectivity index (χ2n) is 2.56. The van der Waals surface area contributed by atoms with Crippen LogP contribution in [0.5, 0.6) is 5.75 Å². The number of methoxy groups -OCH3 is 1. The minimum Gasteiger partial charge on any atom is -0.497 e. The van der Waals surface area contributed by atoms with Gasteiger partial charge in [-0.3, -0.25) is 4.98 Å². The van der Waals surface area contributed by atoms with Crippen molar-refractivity contribution >= 4 is 0 Å². The van der Waals surface area contributed by atoms with Crippen molar-refractivity contribution in [2.75, 3.05) is 7.11 Å². The fourth-order valence-corrected chi connectivity index (χ4v) is 0.872. The van der Waals surface area contributed by atoms with Crippen molar-refractivity contribution in [1.29, 1.82) is 0 Å². The number of rotatable bonds is 2. The molecule has 0 aromatic carbocycles. The van der Waals surface area contributed by atoms with Gasteiger partial charge >= 0.3 is 6.18 Å². The van der Waals surface area contributed by atoms with Gasteiger partial charge in [-0.25, -0.2) is 0 Å². The summed E-state index contributed by atoms with van der Waals surface area (Å²) in [6.07, 6.45) is -6.14. The number of nitrogens with zero attached hydrogens (tertiary/aromatic N) is 1. The number of aliphatic hydroxyl groups excluding tert-OH is 1. The van der Waals surface area contributed by atoms with E-state index in [1.807, 2.05) is 0 Å². The lowest BCUT2D eigenvalue weighted by molar-refractivity contribution is -0.208. The Hall–Kier alpha value is -1.30. The van der Waals surface area contributed by atoms with Crippen LogP contribution in [-0.2, 0) is 0 Å². The van der Waals surface area contributed by atoms with Crippen LogP contribution >= 0.6 is 0 Å². The highest BCUT2D eigenvalue weighted by Crippen LogP contribution is 2.32. The average Bonchev–Trinajstić information content (AvgIpc) is 2.15. The Labute approximate surface area is 78.2 Å². The van der Waals surface area contributed by atoms with Crippen LogP contribution in [0.25, 0.3) is 0 Å². The number of aromatic nitrogens is 1. The molecule has 1 aromatic heterocycles. The SMILES string of the molecule is COc1ccnc(C(O)C(F)(F)F)c1. The molecule has 0 bridgehead atoms. The summed E-state index contributed by atoms with van der Waals surface area (Å²) in [7, 11) is 1.32. The van der Waals surface area contributed by atoms with E-state index in [2.05, 4.69) is 4.98 Å². The summed E-state index contributed by atoms with van der Waals surface area (Å²) in [5.74, 6) is 0.221. The Balaban J connectivity index is 2.95. The summed E-state index contributed by atoms with van der Waals surface area (Å²) < 4.78 is 40.8. The van der Waals surface area contributed by atoms with Crippen LogP contribution in [0.4, 0.5) is 13.2 Å². The molecular formula is C8H8F3NO2. The van der Waals surface area contributed by atoms with Crippen LogP contribution in [0.15, 0.2) is 18.3 Å². The number of halogens is 3. The minimum absolute atomic E-state index is 0.221. The number of hydrogen-bond acceptors (Lipinski definition) is 3. The Morgan fingerprint density at radius 1 is 1.50 bits per heavy atom. The molecule has 1 unspecified atom stereocenters. The molecule has 0 radical (unpaired) electrons. The van der Waals surface area contributed by atoms with E-state index in [1.54, 1.807) is 0 Å². The molecule has 0 saturated heterocycles. The average molecular weight is 207 g/mol. The van der Waals surface area contributed by atoms with Crippen molar-refractivity contribution in [3.05, 3.63) is 24.0 Å². The Bertz CT molecular complexity index is 314. The van der Waals surface area contributed by atoms with Crippen LogP contribution in [-0.4, -0.2) is 23.4 Å². The molecule has 1 heterocycles. The van der Waals surface area contributed by atoms with Crippen LogP contribution in [0.2, 0.25) is 0 Å². The summed E-state index contributed by atoms with van der Waals surface area (Å²) in [4.78, 5) is 3.40. The number of pyridine rings is 1. The number of hydrogen-bond donors (Lipinski definition) is 1. The Morgan fingerprint density at radius 2 is 2.14 bits per heavy atom. The maximum absolute atomic E-state index is 12.0. The predicted octanol–water partition coefficient (Wildman–Crippen LogP) is 1.69. The zero-order chi connectivity index (χ0) is 10.8. The van der Waals surface area contributed by atoms with E-state index < -0.39 is 18.0 Å². The number of ether oxygens (including phenoxy) is 1. The van der Waals surface area contributed by atoms with Gasteiger partial charge in [0.1, 0.15) is 5.75 Å². The van der Waals surface area contributed by atoms with E-state index in [4.69, 9.17) is 9.84 Å². The van der Waals surface area contributed by atoms with E-state index in [9.17, 15) is 13.2 Å². The highest BCUT2D eigenvalue weighted by atomic mass is 19.4. The van der Waals surface area contributed by atoms with E-state index in [0.29, 0.717) is 0 Å². The summed E-state index contributed by atoms with van der Waals surface area (Å²) in [5.41, 5.74) is -0.475. The van der Waals surface area contributed by atoms with E-state index in [1.165, 1.54) is 13.2 Å². The fraction of sp³-hybridized carbons (Fsp3) is 0.375. The molecule has 1 aromatic rings. The molecule has 0 fully saturated rings. The van der Waals surface area contributed by atoms with Gasteiger partial charge in [0.2, 0.25) is 0 Å². The zero-order valence-electron chi connectivity index (χ0n) is 7.25. The van der Waals surface area contributed by atoms with Gasteiger partial charge in [0.05, 0.1) is 12.8 Å². The lowest BCUT2D eigenvalue weighted by Crippen LogP contribution is -2.21. The van der Waals surface area contributed by atoms with Gasteiger partial charge in [-0.05, 0) is 6.07 Å². The van der Waals surface area contributed by atoms with Crippen LogP contribution in [0, 0.1) is 0 Å². The van der Waals surface area contributed by atoms with Crippen molar-refractivity contribution < 1.29 is 23.0 Å². The summed E-state index contributed by atoms with van der Waals surface area (Å²) in [6, 6.07) is 2.44. The zero-order valence-corrected chi connectivity index (χ0v) is 7.25. The summed E-state index contributed by atoms with van der Waals surface area (Å²) in [6.45, 7) is 0. The molecule has 0 spiro atoms. The van der Waals surface area contributed by atoms with Crippen molar-refractivity contribution in [2.45, 2.75) is 12.3 Å². The Morgan fingerprint density at radius 3 is 2.64 bits per heavy atom. The first kappa shape index (κ1) is 10.8. The molecule has 1 N–H and O–H groups in total. The molecule has 0 amide bonds. The molecule has 0 aliphatic heterocycles. The van der Waals surface area contributed by atoms with Gasteiger partial charge in [-0.2, -0.15) is 13.2 Å². The molecule has 6 heteroatoms. The molecular weight excluding hydrogens is 199 g/mol. The topological polar surface area (TPSA) is 42.4 Å². The predicted molar refractivity (Wildman–Crippen MR) is 41.8 cm³/mol. The van der Waals surface area contributed by atoms with Gasteiger partial charge in [-0.15, -0.1) is 0 Å². The first-order chi connectivity index (χ1) is 6.45. The molecule has 1 atom stereocenters. The number of aliphatic hydroxyl groups is 1. The summed E-state index contributed by atoms with van der Waals surface area (Å²) in [5, 5.41) is 8.83. The van der Waals surface area contributed by atoms with E-state index in [0.717, 1.165) is 12.3 Å². The third kappa shape index (κ3) is 2.35. The van der Waals surface area contributed by atoms with E-state index >= 15 is 0 Å². The molecule has 0 aliphatic carbocycles. The lowest BCUT2D eigenvalue weighted by Gasteiger charge is -2.14. The molecule has 1 rings (SSSR count). The third-order valence-electron chi connectivity index (χ3n) is 1.58. The van der Waals surface area contributed by atoms with E-state index in [-0.39, 0.29) is 5.75 Å². The first-order valence-corrected chi connectivity index (χ1v) is 3.70. The molecule has 14 heavy (non-hydrogen) atoms. The van der Waals surface area contributed by atoms with Crippen LogP contribution in [0.3, 0.4) is 0 Å². The standard InChI is InChI=1S/C8H8F3NO2/c1-14-5-2-3-12-6(4-5)7(13)8(9,10)11/h2-4,7,13H,1H3. The maximum atomic E-state index is 12.0. The van der Waals surface area contributed by atoms with Crippen molar-refractivity contribution in [3.8, 4) is 5.75 Å². The van der Waals surface area contributed by atoms with Crippen LogP contribution in [0.1, 0.15) is 11.8 Å². The Kier molecular flexibility index (Phi) is 2.95. The quantitative estimate of drug-likeness (QED) is 0.802. The summed E-state index contributed by atoms with van der Waals surface area (Å²) >= 11 is 0. The maximum Gasteiger partial charge on any atom is 0.420 e. The van der Waals surface area contributed by atoms with Crippen molar-refractivity contribution in [2.24, 2.45) is 0 Å². The van der Waals surface area contributed by atoms with Gasteiger partial charge in [0.15, 0.2) is 6.10 Å². The fourth-order valence-electron chi connectivity index (χ4n) is 0.872.